The normalized spacial score (nSPS) is 12.4. The second kappa shape index (κ2) is 7.46. The third kappa shape index (κ3) is 4.48. The molecule has 2 aromatic rings. The lowest BCUT2D eigenvalue weighted by Gasteiger charge is -2.12. The van der Waals surface area contributed by atoms with Crippen LogP contribution in [0.2, 0.25) is 5.02 Å². The highest BCUT2D eigenvalue weighted by Crippen LogP contribution is 2.24. The van der Waals surface area contributed by atoms with Crippen LogP contribution in [0.15, 0.2) is 51.8 Å². The molecule has 0 spiro atoms. The van der Waals surface area contributed by atoms with E-state index in [2.05, 4.69) is 15.9 Å². The summed E-state index contributed by atoms with van der Waals surface area (Å²) in [6.07, 6.45) is -0.219. The van der Waals surface area contributed by atoms with E-state index in [1.165, 1.54) is 6.07 Å². The zero-order valence-corrected chi connectivity index (χ0v) is 13.7. The van der Waals surface area contributed by atoms with E-state index >= 15 is 0 Å². The average molecular weight is 376 g/mol. The number of thioether (sulfide) groups is 1. The van der Waals surface area contributed by atoms with Crippen LogP contribution in [0.4, 0.5) is 4.39 Å². The van der Waals surface area contributed by atoms with Crippen LogP contribution in [0.1, 0.15) is 5.56 Å². The maximum atomic E-state index is 13.3. The SMILES string of the molecule is OC(CSc1ccc(Br)cc1)Cc1cccc(F)c1Cl. The number of aliphatic hydroxyl groups excluding tert-OH is 1. The number of rotatable bonds is 5. The van der Waals surface area contributed by atoms with Gasteiger partial charge in [-0.2, -0.15) is 0 Å². The summed E-state index contributed by atoms with van der Waals surface area (Å²) in [5, 5.41) is 10.1. The molecule has 2 rings (SSSR count). The Labute approximate surface area is 135 Å². The third-order valence-corrected chi connectivity index (χ3v) is 4.85. The standard InChI is InChI=1S/C15H13BrClFOS/c16-11-4-6-13(7-5-11)20-9-12(19)8-10-2-1-3-14(18)15(10)17/h1-7,12,19H,8-9H2. The van der Waals surface area contributed by atoms with Crippen LogP contribution < -0.4 is 0 Å². The molecule has 1 nitrogen and oxygen atoms in total. The van der Waals surface area contributed by atoms with E-state index in [9.17, 15) is 9.50 Å². The van der Waals surface area contributed by atoms with Gasteiger partial charge < -0.3 is 5.11 Å². The van der Waals surface area contributed by atoms with Crippen LogP contribution in [0.3, 0.4) is 0 Å². The van der Waals surface area contributed by atoms with E-state index in [-0.39, 0.29) is 5.02 Å². The molecule has 1 unspecified atom stereocenters. The minimum atomic E-state index is -0.567. The van der Waals surface area contributed by atoms with Crippen molar-refractivity contribution in [3.63, 3.8) is 0 Å². The van der Waals surface area contributed by atoms with Gasteiger partial charge in [0.2, 0.25) is 0 Å². The fraction of sp³-hybridized carbons (Fsp3) is 0.200. The molecule has 0 amide bonds. The molecule has 1 atom stereocenters. The fourth-order valence-corrected chi connectivity index (χ4v) is 3.04. The minimum Gasteiger partial charge on any atom is -0.392 e. The summed E-state index contributed by atoms with van der Waals surface area (Å²) < 4.78 is 14.3. The van der Waals surface area contributed by atoms with Crippen LogP contribution in [-0.2, 0) is 6.42 Å². The van der Waals surface area contributed by atoms with Crippen molar-refractivity contribution in [2.24, 2.45) is 0 Å². The van der Waals surface area contributed by atoms with Crippen LogP contribution in [-0.4, -0.2) is 17.0 Å². The first-order chi connectivity index (χ1) is 9.56. The molecule has 0 heterocycles. The summed E-state index contributed by atoms with van der Waals surface area (Å²) in [5.41, 5.74) is 0.635. The van der Waals surface area contributed by atoms with Gasteiger partial charge in [0, 0.05) is 21.5 Å². The first-order valence-electron chi connectivity index (χ1n) is 6.05. The van der Waals surface area contributed by atoms with Crippen molar-refractivity contribution < 1.29 is 9.50 Å². The van der Waals surface area contributed by atoms with Gasteiger partial charge in [-0.15, -0.1) is 11.8 Å². The molecule has 20 heavy (non-hydrogen) atoms. The average Bonchev–Trinajstić information content (AvgIpc) is 2.43. The number of benzene rings is 2. The van der Waals surface area contributed by atoms with Gasteiger partial charge in [-0.3, -0.25) is 0 Å². The molecule has 0 bridgehead atoms. The van der Waals surface area contributed by atoms with Gasteiger partial charge in [0.15, 0.2) is 0 Å². The van der Waals surface area contributed by atoms with Crippen molar-refractivity contribution in [3.8, 4) is 0 Å². The van der Waals surface area contributed by atoms with Gasteiger partial charge in [-0.05, 0) is 35.9 Å². The second-order valence-corrected chi connectivity index (χ2v) is 6.72. The lowest BCUT2D eigenvalue weighted by molar-refractivity contribution is 0.200. The molecule has 5 heteroatoms. The Morgan fingerprint density at radius 2 is 1.90 bits per heavy atom. The van der Waals surface area contributed by atoms with Crippen LogP contribution in [0.5, 0.6) is 0 Å². The monoisotopic (exact) mass is 374 g/mol. The summed E-state index contributed by atoms with van der Waals surface area (Å²) in [6, 6.07) is 12.5. The van der Waals surface area contributed by atoms with E-state index in [0.29, 0.717) is 17.7 Å². The predicted molar refractivity (Wildman–Crippen MR) is 86.0 cm³/mol. The minimum absolute atomic E-state index is 0.0974. The van der Waals surface area contributed by atoms with Gasteiger partial charge in [0.25, 0.3) is 0 Å². The molecule has 0 aliphatic heterocycles. The zero-order valence-electron chi connectivity index (χ0n) is 10.5. The molecule has 0 fully saturated rings. The summed E-state index contributed by atoms with van der Waals surface area (Å²) in [5.74, 6) is 0.0889. The number of hydrogen-bond acceptors (Lipinski definition) is 2. The van der Waals surface area contributed by atoms with Crippen molar-refractivity contribution in [3.05, 3.63) is 63.3 Å². The van der Waals surface area contributed by atoms with Crippen molar-refractivity contribution in [2.45, 2.75) is 17.4 Å². The topological polar surface area (TPSA) is 20.2 Å². The highest BCUT2D eigenvalue weighted by molar-refractivity contribution is 9.10. The van der Waals surface area contributed by atoms with Gasteiger partial charge >= 0.3 is 0 Å². The largest absolute Gasteiger partial charge is 0.392 e. The van der Waals surface area contributed by atoms with E-state index < -0.39 is 11.9 Å². The summed E-state index contributed by atoms with van der Waals surface area (Å²) in [6.45, 7) is 0. The Hall–Kier alpha value is -0.550. The Balaban J connectivity index is 1.91. The molecule has 1 N–H and O–H groups in total. The molecule has 0 aliphatic rings. The fourth-order valence-electron chi connectivity index (χ4n) is 1.74. The van der Waals surface area contributed by atoms with Gasteiger partial charge in [-0.1, -0.05) is 39.7 Å². The Morgan fingerprint density at radius 1 is 1.20 bits per heavy atom. The summed E-state index contributed by atoms with van der Waals surface area (Å²) >= 11 is 10.8. The van der Waals surface area contributed by atoms with Crippen molar-refractivity contribution in [2.75, 3.05) is 5.75 Å². The molecular weight excluding hydrogens is 363 g/mol. The van der Waals surface area contributed by atoms with Crippen LogP contribution in [0, 0.1) is 5.82 Å². The van der Waals surface area contributed by atoms with Crippen LogP contribution >= 0.6 is 39.3 Å². The lowest BCUT2D eigenvalue weighted by Crippen LogP contribution is -2.14. The predicted octanol–water partition coefficient (Wildman–Crippen LogP) is 4.94. The van der Waals surface area contributed by atoms with E-state index in [0.717, 1.165) is 9.37 Å². The molecule has 2 aromatic carbocycles. The third-order valence-electron chi connectivity index (χ3n) is 2.74. The van der Waals surface area contributed by atoms with Gasteiger partial charge in [0.1, 0.15) is 5.82 Å². The molecule has 106 valence electrons. The maximum Gasteiger partial charge on any atom is 0.142 e. The first-order valence-corrected chi connectivity index (χ1v) is 8.21. The van der Waals surface area contributed by atoms with E-state index in [1.807, 2.05) is 24.3 Å². The van der Waals surface area contributed by atoms with E-state index in [4.69, 9.17) is 11.6 Å². The first kappa shape index (κ1) is 15.8. The number of hydrogen-bond donors (Lipinski definition) is 1. The number of aliphatic hydroxyl groups is 1. The summed E-state index contributed by atoms with van der Waals surface area (Å²) in [4.78, 5) is 1.08. The van der Waals surface area contributed by atoms with E-state index in [1.54, 1.807) is 23.9 Å². The molecule has 0 aromatic heterocycles. The quantitative estimate of drug-likeness (QED) is 0.747. The molecule has 0 saturated carbocycles. The molecule has 0 radical (unpaired) electrons. The van der Waals surface area contributed by atoms with Crippen LogP contribution in [0.25, 0.3) is 0 Å². The highest BCUT2D eigenvalue weighted by atomic mass is 79.9. The Kier molecular flexibility index (Phi) is 5.90. The maximum absolute atomic E-state index is 13.3. The lowest BCUT2D eigenvalue weighted by atomic mass is 10.1. The van der Waals surface area contributed by atoms with Gasteiger partial charge in [-0.25, -0.2) is 4.39 Å². The van der Waals surface area contributed by atoms with Crippen molar-refractivity contribution in [1.29, 1.82) is 0 Å². The Bertz CT molecular complexity index is 577. The molecular formula is C15H13BrClFOS. The smallest absolute Gasteiger partial charge is 0.142 e. The second-order valence-electron chi connectivity index (χ2n) is 4.34. The zero-order chi connectivity index (χ0) is 14.5. The number of halogens is 3. The van der Waals surface area contributed by atoms with Crippen molar-refractivity contribution in [1.82, 2.24) is 0 Å². The Morgan fingerprint density at radius 3 is 2.60 bits per heavy atom. The van der Waals surface area contributed by atoms with Gasteiger partial charge in [0.05, 0.1) is 11.1 Å². The summed E-state index contributed by atoms with van der Waals surface area (Å²) in [7, 11) is 0. The molecule has 0 saturated heterocycles. The highest BCUT2D eigenvalue weighted by Gasteiger charge is 2.11. The van der Waals surface area contributed by atoms with Crippen molar-refractivity contribution >= 4 is 39.3 Å². The molecule has 0 aliphatic carbocycles.